The van der Waals surface area contributed by atoms with E-state index in [1.54, 1.807) is 54.6 Å². The Labute approximate surface area is 236 Å². The van der Waals surface area contributed by atoms with E-state index in [9.17, 15) is 19.2 Å². The second-order valence-corrected chi connectivity index (χ2v) is 9.34. The molecular weight excluding hydrogens is 522 g/mol. The first kappa shape index (κ1) is 28.5. The maximum atomic E-state index is 14.4. The van der Waals surface area contributed by atoms with Gasteiger partial charge in [-0.05, 0) is 47.5 Å². The summed E-state index contributed by atoms with van der Waals surface area (Å²) >= 11 is 0. The lowest BCUT2D eigenvalue weighted by Crippen LogP contribution is -2.52. The number of hydrogen-bond acceptors (Lipinski definition) is 5. The van der Waals surface area contributed by atoms with E-state index in [0.29, 0.717) is 16.8 Å². The standard InChI is InChI=1S/C31H29N5O5/c1-19(29(39)34-18-26(37)38)36(25-15-14-20-8-5-6-11-22(20)17-25)31(41)27(21-9-3-2-4-10-21)35-30(40)24-13-7-12-23(16-24)28(32)33/h2-17,19,27H,18H2,1H3,(H3,32,33)(H,34,39)(H,35,40)(H,37,38)/t19-,27-/m1/s1. The summed E-state index contributed by atoms with van der Waals surface area (Å²) in [4.78, 5) is 53.2. The molecular formula is C31H29N5O5. The molecule has 0 heterocycles. The molecule has 2 atom stereocenters. The van der Waals surface area contributed by atoms with Gasteiger partial charge in [0, 0.05) is 16.8 Å². The molecule has 10 heteroatoms. The lowest BCUT2D eigenvalue weighted by Gasteiger charge is -2.32. The summed E-state index contributed by atoms with van der Waals surface area (Å²) in [6.45, 7) is 0.874. The fourth-order valence-corrected chi connectivity index (χ4v) is 4.41. The Morgan fingerprint density at radius 2 is 1.51 bits per heavy atom. The number of amides is 3. The zero-order valence-corrected chi connectivity index (χ0v) is 22.2. The molecule has 0 radical (unpaired) electrons. The lowest BCUT2D eigenvalue weighted by molar-refractivity contribution is -0.138. The molecule has 3 amide bonds. The average Bonchev–Trinajstić information content (AvgIpc) is 2.98. The van der Waals surface area contributed by atoms with Crippen molar-refractivity contribution in [2.75, 3.05) is 11.4 Å². The van der Waals surface area contributed by atoms with E-state index in [1.165, 1.54) is 24.0 Å². The van der Waals surface area contributed by atoms with Gasteiger partial charge < -0.3 is 21.5 Å². The minimum absolute atomic E-state index is 0.191. The zero-order valence-electron chi connectivity index (χ0n) is 22.2. The molecule has 0 aromatic heterocycles. The first-order chi connectivity index (χ1) is 19.7. The van der Waals surface area contributed by atoms with Crippen LogP contribution in [0, 0.1) is 5.41 Å². The van der Waals surface area contributed by atoms with Crippen molar-refractivity contribution in [1.29, 1.82) is 5.41 Å². The topological polar surface area (TPSA) is 166 Å². The number of carboxylic acid groups (broad SMARTS) is 1. The van der Waals surface area contributed by atoms with E-state index in [1.807, 2.05) is 30.3 Å². The Morgan fingerprint density at radius 1 is 0.854 bits per heavy atom. The van der Waals surface area contributed by atoms with Crippen LogP contribution in [0.15, 0.2) is 97.1 Å². The summed E-state index contributed by atoms with van der Waals surface area (Å²) in [5.41, 5.74) is 6.99. The number of hydrogen-bond donors (Lipinski definition) is 5. The van der Waals surface area contributed by atoms with Gasteiger partial charge in [0.1, 0.15) is 24.5 Å². The van der Waals surface area contributed by atoms with Crippen molar-refractivity contribution in [3.8, 4) is 0 Å². The molecule has 208 valence electrons. The van der Waals surface area contributed by atoms with Gasteiger partial charge in [-0.2, -0.15) is 0 Å². The van der Waals surface area contributed by atoms with Crippen molar-refractivity contribution in [3.63, 3.8) is 0 Å². The van der Waals surface area contributed by atoms with Crippen molar-refractivity contribution in [2.45, 2.75) is 19.0 Å². The van der Waals surface area contributed by atoms with Gasteiger partial charge in [0.15, 0.2) is 0 Å². The van der Waals surface area contributed by atoms with E-state index in [-0.39, 0.29) is 11.4 Å². The normalized spacial score (nSPS) is 12.1. The minimum Gasteiger partial charge on any atom is -0.480 e. The van der Waals surface area contributed by atoms with E-state index >= 15 is 0 Å². The lowest BCUT2D eigenvalue weighted by atomic mass is 10.0. The molecule has 0 spiro atoms. The summed E-state index contributed by atoms with van der Waals surface area (Å²) in [7, 11) is 0. The van der Waals surface area contributed by atoms with Crippen LogP contribution in [-0.2, 0) is 14.4 Å². The van der Waals surface area contributed by atoms with Gasteiger partial charge >= 0.3 is 5.97 Å². The number of fused-ring (bicyclic) bond motifs is 1. The summed E-state index contributed by atoms with van der Waals surface area (Å²) in [6, 6.07) is 25.2. The Bertz CT molecular complexity index is 1620. The average molecular weight is 552 g/mol. The smallest absolute Gasteiger partial charge is 0.322 e. The van der Waals surface area contributed by atoms with E-state index < -0.39 is 42.3 Å². The molecule has 0 saturated carbocycles. The van der Waals surface area contributed by atoms with Crippen molar-refractivity contribution in [2.24, 2.45) is 5.73 Å². The van der Waals surface area contributed by atoms with Crippen molar-refractivity contribution in [3.05, 3.63) is 114 Å². The molecule has 0 bridgehead atoms. The summed E-state index contributed by atoms with van der Waals surface area (Å²) < 4.78 is 0. The van der Waals surface area contributed by atoms with Gasteiger partial charge in [0.2, 0.25) is 5.91 Å². The number of benzene rings is 4. The molecule has 4 rings (SSSR count). The molecule has 41 heavy (non-hydrogen) atoms. The van der Waals surface area contributed by atoms with Crippen LogP contribution in [0.5, 0.6) is 0 Å². The van der Waals surface area contributed by atoms with Gasteiger partial charge in [0.05, 0.1) is 0 Å². The molecule has 0 unspecified atom stereocenters. The van der Waals surface area contributed by atoms with Gasteiger partial charge in [0.25, 0.3) is 11.8 Å². The number of nitrogens with zero attached hydrogens (tertiary/aromatic N) is 1. The van der Waals surface area contributed by atoms with Gasteiger partial charge in [-0.25, -0.2) is 0 Å². The Morgan fingerprint density at radius 3 is 2.20 bits per heavy atom. The second-order valence-electron chi connectivity index (χ2n) is 9.34. The number of nitrogens with two attached hydrogens (primary N) is 1. The van der Waals surface area contributed by atoms with E-state index in [4.69, 9.17) is 16.2 Å². The van der Waals surface area contributed by atoms with Crippen molar-refractivity contribution < 1.29 is 24.3 Å². The number of carbonyl (C=O) groups is 4. The predicted octanol–water partition coefficient (Wildman–Crippen LogP) is 3.22. The van der Waals surface area contributed by atoms with Crippen LogP contribution < -0.4 is 21.3 Å². The predicted molar refractivity (Wildman–Crippen MR) is 156 cm³/mol. The third kappa shape index (κ3) is 6.74. The molecule has 10 nitrogen and oxygen atoms in total. The quantitative estimate of drug-likeness (QED) is 0.150. The highest BCUT2D eigenvalue weighted by Gasteiger charge is 2.34. The van der Waals surface area contributed by atoms with Crippen LogP contribution >= 0.6 is 0 Å². The third-order valence-electron chi connectivity index (χ3n) is 6.52. The summed E-state index contributed by atoms with van der Waals surface area (Å²) in [5, 5.41) is 23.6. The van der Waals surface area contributed by atoms with Crippen molar-refractivity contribution >= 4 is 46.0 Å². The molecule has 0 fully saturated rings. The highest BCUT2D eigenvalue weighted by molar-refractivity contribution is 6.07. The van der Waals surface area contributed by atoms with Crippen LogP contribution in [0.3, 0.4) is 0 Å². The molecule has 4 aromatic rings. The largest absolute Gasteiger partial charge is 0.480 e. The highest BCUT2D eigenvalue weighted by Crippen LogP contribution is 2.28. The van der Waals surface area contributed by atoms with Crippen LogP contribution in [-0.4, -0.2) is 47.2 Å². The van der Waals surface area contributed by atoms with Crippen LogP contribution in [0.1, 0.15) is 34.5 Å². The molecule has 6 N–H and O–H groups in total. The fourth-order valence-electron chi connectivity index (χ4n) is 4.41. The Hall–Kier alpha value is -5.51. The molecule has 0 aliphatic heterocycles. The van der Waals surface area contributed by atoms with E-state index in [2.05, 4.69) is 10.6 Å². The van der Waals surface area contributed by atoms with Crippen LogP contribution in [0.4, 0.5) is 5.69 Å². The molecule has 0 aliphatic rings. The number of carbonyl (C=O) groups excluding carboxylic acids is 3. The van der Waals surface area contributed by atoms with Gasteiger partial charge in [-0.1, -0.05) is 72.8 Å². The van der Waals surface area contributed by atoms with Crippen molar-refractivity contribution in [1.82, 2.24) is 10.6 Å². The third-order valence-corrected chi connectivity index (χ3v) is 6.52. The number of anilines is 1. The minimum atomic E-state index is -1.23. The van der Waals surface area contributed by atoms with Crippen LogP contribution in [0.2, 0.25) is 0 Å². The first-order valence-corrected chi connectivity index (χ1v) is 12.8. The number of rotatable bonds is 10. The van der Waals surface area contributed by atoms with Gasteiger partial charge in [-0.3, -0.25) is 29.5 Å². The number of amidine groups is 1. The summed E-state index contributed by atoms with van der Waals surface area (Å²) in [6.07, 6.45) is 0. The fraction of sp³-hybridized carbons (Fsp3) is 0.129. The highest BCUT2D eigenvalue weighted by atomic mass is 16.4. The summed E-state index contributed by atoms with van der Waals surface area (Å²) in [5.74, 6) is -3.31. The number of nitrogen functional groups attached to an aromatic ring is 1. The monoisotopic (exact) mass is 551 g/mol. The first-order valence-electron chi connectivity index (χ1n) is 12.8. The molecule has 4 aromatic carbocycles. The number of carboxylic acids is 1. The second kappa shape index (κ2) is 12.6. The zero-order chi connectivity index (χ0) is 29.5. The maximum absolute atomic E-state index is 14.4. The number of nitrogens with one attached hydrogen (secondary N) is 3. The number of aliphatic carboxylic acids is 1. The van der Waals surface area contributed by atoms with Crippen LogP contribution in [0.25, 0.3) is 10.8 Å². The SMILES string of the molecule is C[C@H](C(=O)NCC(=O)O)N(C(=O)[C@H](NC(=O)c1cccc(C(=N)N)c1)c1ccccc1)c1ccc2ccccc2c1. The van der Waals surface area contributed by atoms with E-state index in [0.717, 1.165) is 10.8 Å². The molecule has 0 aliphatic carbocycles. The molecule has 0 saturated heterocycles. The Balaban J connectivity index is 1.77. The maximum Gasteiger partial charge on any atom is 0.322 e. The Kier molecular flexibility index (Phi) is 8.73. The van der Waals surface area contributed by atoms with Gasteiger partial charge in [-0.15, -0.1) is 0 Å².